The van der Waals surface area contributed by atoms with Gasteiger partial charge >= 0.3 is 5.97 Å². The highest BCUT2D eigenvalue weighted by atomic mass is 32.2. The number of carbonyl (C=O) groups excluding carboxylic acids is 1. The molecule has 2 aliphatic rings. The minimum Gasteiger partial charge on any atom is -0.469 e. The molecule has 2 fully saturated rings. The molecule has 1 saturated carbocycles. The van der Waals surface area contributed by atoms with Gasteiger partial charge in [0.15, 0.2) is 0 Å². The number of methoxy groups -OCH3 is 1. The molecule has 128 valence electrons. The highest BCUT2D eigenvalue weighted by Crippen LogP contribution is 2.34. The van der Waals surface area contributed by atoms with E-state index in [-0.39, 0.29) is 5.97 Å². The third-order valence-electron chi connectivity index (χ3n) is 5.01. The van der Waals surface area contributed by atoms with Crippen molar-refractivity contribution in [2.75, 3.05) is 26.7 Å². The maximum absolute atomic E-state index is 13.0. The maximum atomic E-state index is 13.0. The summed E-state index contributed by atoms with van der Waals surface area (Å²) in [7, 11) is -2.12. The maximum Gasteiger partial charge on any atom is 0.310 e. The first-order chi connectivity index (χ1) is 10.5. The molecule has 2 N–H and O–H groups in total. The van der Waals surface area contributed by atoms with E-state index in [1.54, 1.807) is 4.31 Å². The molecule has 3 atom stereocenters. The van der Waals surface area contributed by atoms with Crippen molar-refractivity contribution in [3.8, 4) is 0 Å². The normalized spacial score (nSPS) is 30.9. The number of esters is 1. The van der Waals surface area contributed by atoms with E-state index < -0.39 is 21.2 Å². The molecule has 0 aromatic rings. The molecule has 0 aromatic carbocycles. The van der Waals surface area contributed by atoms with E-state index >= 15 is 0 Å². The lowest BCUT2D eigenvalue weighted by Crippen LogP contribution is -2.49. The van der Waals surface area contributed by atoms with Crippen LogP contribution < -0.4 is 5.73 Å². The molecule has 0 amide bonds. The van der Waals surface area contributed by atoms with Gasteiger partial charge in [-0.25, -0.2) is 12.7 Å². The fourth-order valence-corrected chi connectivity index (χ4v) is 6.11. The van der Waals surface area contributed by atoms with Gasteiger partial charge in [-0.05, 0) is 44.6 Å². The third-order valence-corrected chi connectivity index (χ3v) is 7.39. The van der Waals surface area contributed by atoms with E-state index in [9.17, 15) is 13.2 Å². The summed E-state index contributed by atoms with van der Waals surface area (Å²) in [5.74, 6) is -0.559. The Morgan fingerprint density at radius 1 is 1.23 bits per heavy atom. The zero-order chi connectivity index (χ0) is 16.2. The van der Waals surface area contributed by atoms with Crippen LogP contribution in [-0.4, -0.2) is 50.7 Å². The fraction of sp³-hybridized carbons (Fsp3) is 0.933. The predicted octanol–water partition coefficient (Wildman–Crippen LogP) is 1.11. The van der Waals surface area contributed by atoms with Gasteiger partial charge in [-0.1, -0.05) is 12.8 Å². The SMILES string of the molecule is COC(=O)C1CCCCC1S(=O)(=O)N1CCCC(CCN)C1. The molecular weight excluding hydrogens is 304 g/mol. The Balaban J connectivity index is 2.14. The number of nitrogens with zero attached hydrogens (tertiary/aromatic N) is 1. The topological polar surface area (TPSA) is 89.7 Å². The van der Waals surface area contributed by atoms with Gasteiger partial charge in [0, 0.05) is 13.1 Å². The Hall–Kier alpha value is -0.660. The van der Waals surface area contributed by atoms with Crippen molar-refractivity contribution in [2.24, 2.45) is 17.6 Å². The van der Waals surface area contributed by atoms with E-state index in [2.05, 4.69) is 0 Å². The van der Waals surface area contributed by atoms with E-state index in [1.165, 1.54) is 7.11 Å². The highest BCUT2D eigenvalue weighted by molar-refractivity contribution is 7.89. The van der Waals surface area contributed by atoms with E-state index in [0.717, 1.165) is 32.1 Å². The van der Waals surface area contributed by atoms with Crippen molar-refractivity contribution >= 4 is 16.0 Å². The van der Waals surface area contributed by atoms with Gasteiger partial charge in [0.25, 0.3) is 0 Å². The van der Waals surface area contributed by atoms with Crippen LogP contribution in [0.3, 0.4) is 0 Å². The number of hydrogen-bond acceptors (Lipinski definition) is 5. The first-order valence-corrected chi connectivity index (χ1v) is 9.78. The number of sulfonamides is 1. The molecule has 22 heavy (non-hydrogen) atoms. The van der Waals surface area contributed by atoms with Gasteiger partial charge < -0.3 is 10.5 Å². The van der Waals surface area contributed by atoms with E-state index in [1.807, 2.05) is 0 Å². The second kappa shape index (κ2) is 7.75. The average molecular weight is 332 g/mol. The Morgan fingerprint density at radius 3 is 2.64 bits per heavy atom. The average Bonchev–Trinajstić information content (AvgIpc) is 2.54. The van der Waals surface area contributed by atoms with Crippen molar-refractivity contribution in [2.45, 2.75) is 50.2 Å². The summed E-state index contributed by atoms with van der Waals surface area (Å²) in [6, 6.07) is 0. The smallest absolute Gasteiger partial charge is 0.310 e. The number of carbonyl (C=O) groups is 1. The molecule has 0 aromatic heterocycles. The lowest BCUT2D eigenvalue weighted by Gasteiger charge is -2.37. The van der Waals surface area contributed by atoms with Crippen LogP contribution in [0.5, 0.6) is 0 Å². The number of ether oxygens (including phenoxy) is 1. The first kappa shape index (κ1) is 17.7. The Morgan fingerprint density at radius 2 is 1.95 bits per heavy atom. The molecule has 0 spiro atoms. The highest BCUT2D eigenvalue weighted by Gasteiger charge is 2.43. The number of hydrogen-bond donors (Lipinski definition) is 1. The van der Waals surface area contributed by atoms with Crippen molar-refractivity contribution in [3.05, 3.63) is 0 Å². The molecule has 0 bridgehead atoms. The Labute approximate surface area is 133 Å². The second-order valence-corrected chi connectivity index (χ2v) is 8.59. The summed E-state index contributed by atoms with van der Waals surface area (Å²) < 4.78 is 32.4. The molecule has 1 heterocycles. The summed E-state index contributed by atoms with van der Waals surface area (Å²) in [5.41, 5.74) is 5.61. The van der Waals surface area contributed by atoms with Gasteiger partial charge in [-0.15, -0.1) is 0 Å². The van der Waals surface area contributed by atoms with E-state index in [0.29, 0.717) is 38.4 Å². The third kappa shape index (κ3) is 3.81. The molecule has 2 rings (SSSR count). The van der Waals surface area contributed by atoms with Gasteiger partial charge in [0.05, 0.1) is 18.3 Å². The van der Waals surface area contributed by atoms with Crippen molar-refractivity contribution in [1.29, 1.82) is 0 Å². The quantitative estimate of drug-likeness (QED) is 0.762. The van der Waals surface area contributed by atoms with Gasteiger partial charge in [0.2, 0.25) is 10.0 Å². The number of rotatable bonds is 5. The fourth-order valence-electron chi connectivity index (χ4n) is 3.80. The summed E-state index contributed by atoms with van der Waals surface area (Å²) in [5, 5.41) is -0.620. The standard InChI is InChI=1S/C15H28N2O4S/c1-21-15(18)13-6-2-3-7-14(13)22(19,20)17-10-4-5-12(11-17)8-9-16/h12-14H,2-11,16H2,1H3. The Bertz CT molecular complexity index is 478. The van der Waals surface area contributed by atoms with E-state index in [4.69, 9.17) is 10.5 Å². The van der Waals surface area contributed by atoms with Crippen LogP contribution in [0, 0.1) is 11.8 Å². The zero-order valence-electron chi connectivity index (χ0n) is 13.4. The lowest BCUT2D eigenvalue weighted by atomic mass is 9.89. The van der Waals surface area contributed by atoms with Crippen LogP contribution in [0.25, 0.3) is 0 Å². The largest absolute Gasteiger partial charge is 0.469 e. The van der Waals surface area contributed by atoms with Gasteiger partial charge in [0.1, 0.15) is 0 Å². The van der Waals surface area contributed by atoms with Crippen LogP contribution in [0.15, 0.2) is 0 Å². The first-order valence-electron chi connectivity index (χ1n) is 8.27. The van der Waals surface area contributed by atoms with Crippen molar-refractivity contribution in [1.82, 2.24) is 4.31 Å². The number of nitrogens with two attached hydrogens (primary N) is 1. The molecular formula is C15H28N2O4S. The molecule has 3 unspecified atom stereocenters. The van der Waals surface area contributed by atoms with Crippen LogP contribution in [0.1, 0.15) is 44.9 Å². The van der Waals surface area contributed by atoms with Gasteiger partial charge in [-0.2, -0.15) is 0 Å². The van der Waals surface area contributed by atoms with Crippen LogP contribution in [0.2, 0.25) is 0 Å². The van der Waals surface area contributed by atoms with Crippen LogP contribution in [-0.2, 0) is 19.6 Å². The van der Waals surface area contributed by atoms with Gasteiger partial charge in [-0.3, -0.25) is 4.79 Å². The second-order valence-electron chi connectivity index (χ2n) is 6.44. The summed E-state index contributed by atoms with van der Waals surface area (Å²) in [4.78, 5) is 12.0. The molecule has 7 heteroatoms. The molecule has 1 saturated heterocycles. The zero-order valence-corrected chi connectivity index (χ0v) is 14.2. The monoisotopic (exact) mass is 332 g/mol. The number of piperidine rings is 1. The summed E-state index contributed by atoms with van der Waals surface area (Å²) in [6.07, 6.45) is 5.68. The predicted molar refractivity (Wildman–Crippen MR) is 84.7 cm³/mol. The summed E-state index contributed by atoms with van der Waals surface area (Å²) >= 11 is 0. The minimum atomic E-state index is -3.45. The van der Waals surface area contributed by atoms with Crippen LogP contribution in [0.4, 0.5) is 0 Å². The molecule has 1 aliphatic heterocycles. The van der Waals surface area contributed by atoms with Crippen molar-refractivity contribution in [3.63, 3.8) is 0 Å². The molecule has 1 aliphatic carbocycles. The lowest BCUT2D eigenvalue weighted by molar-refractivity contribution is -0.146. The molecule has 6 nitrogen and oxygen atoms in total. The molecule has 0 radical (unpaired) electrons. The minimum absolute atomic E-state index is 0.341. The van der Waals surface area contributed by atoms with Crippen molar-refractivity contribution < 1.29 is 17.9 Å². The summed E-state index contributed by atoms with van der Waals surface area (Å²) in [6.45, 7) is 1.70. The Kier molecular flexibility index (Phi) is 6.23. The van der Waals surface area contributed by atoms with Crippen LogP contribution >= 0.6 is 0 Å².